The Kier molecular flexibility index (Phi) is 3.59. The van der Waals surface area contributed by atoms with Gasteiger partial charge in [0, 0.05) is 11.6 Å². The van der Waals surface area contributed by atoms with Gasteiger partial charge in [-0.15, -0.1) is 0 Å². The first kappa shape index (κ1) is 13.3. The SMILES string of the molecule is CC1(C(=O)O)CCCN1Cc1cc(F)ccc1Cl. The van der Waals surface area contributed by atoms with Crippen LogP contribution in [-0.4, -0.2) is 28.1 Å². The van der Waals surface area contributed by atoms with Gasteiger partial charge >= 0.3 is 5.97 Å². The summed E-state index contributed by atoms with van der Waals surface area (Å²) >= 11 is 6.01. The second-order valence-corrected chi connectivity index (χ2v) is 5.25. The average molecular weight is 272 g/mol. The van der Waals surface area contributed by atoms with E-state index < -0.39 is 11.5 Å². The lowest BCUT2D eigenvalue weighted by atomic mass is 9.99. The standard InChI is InChI=1S/C13H15ClFNO2/c1-13(12(17)18)5-2-6-16(13)8-9-7-10(15)3-4-11(9)14/h3-4,7H,2,5-6,8H2,1H3,(H,17,18). The fourth-order valence-electron chi connectivity index (χ4n) is 2.38. The Bertz CT molecular complexity index is 480. The molecule has 2 rings (SSSR count). The highest BCUT2D eigenvalue weighted by Crippen LogP contribution is 2.32. The molecule has 1 heterocycles. The molecule has 0 aromatic heterocycles. The van der Waals surface area contributed by atoms with Gasteiger partial charge in [0.25, 0.3) is 0 Å². The van der Waals surface area contributed by atoms with Gasteiger partial charge in [0.2, 0.25) is 0 Å². The predicted octanol–water partition coefficient (Wildman–Crippen LogP) is 2.92. The molecule has 1 aromatic rings. The Morgan fingerprint density at radius 2 is 2.33 bits per heavy atom. The number of carboxylic acids is 1. The van der Waals surface area contributed by atoms with E-state index in [1.807, 2.05) is 4.90 Å². The van der Waals surface area contributed by atoms with Gasteiger partial charge in [-0.05, 0) is 50.1 Å². The van der Waals surface area contributed by atoms with Gasteiger partial charge in [0.15, 0.2) is 0 Å². The molecule has 1 aliphatic heterocycles. The summed E-state index contributed by atoms with van der Waals surface area (Å²) in [5, 5.41) is 9.76. The Morgan fingerprint density at radius 3 is 3.00 bits per heavy atom. The number of aliphatic carboxylic acids is 1. The third-order valence-corrected chi connectivity index (χ3v) is 3.99. The highest BCUT2D eigenvalue weighted by molar-refractivity contribution is 6.31. The first-order valence-corrected chi connectivity index (χ1v) is 6.23. The maximum atomic E-state index is 13.2. The molecule has 5 heteroatoms. The van der Waals surface area contributed by atoms with Gasteiger partial charge in [-0.25, -0.2) is 4.39 Å². The van der Waals surface area contributed by atoms with Crippen molar-refractivity contribution in [2.24, 2.45) is 0 Å². The Morgan fingerprint density at radius 1 is 1.61 bits per heavy atom. The van der Waals surface area contributed by atoms with E-state index in [0.29, 0.717) is 30.1 Å². The highest BCUT2D eigenvalue weighted by Gasteiger charge is 2.43. The number of rotatable bonds is 3. The number of likely N-dealkylation sites (tertiary alicyclic amines) is 1. The van der Waals surface area contributed by atoms with Crippen LogP contribution in [0.5, 0.6) is 0 Å². The monoisotopic (exact) mass is 271 g/mol. The molecule has 1 fully saturated rings. The summed E-state index contributed by atoms with van der Waals surface area (Å²) in [5.41, 5.74) is -0.249. The molecule has 0 radical (unpaired) electrons. The zero-order valence-corrected chi connectivity index (χ0v) is 10.9. The number of nitrogens with zero attached hydrogens (tertiary/aromatic N) is 1. The van der Waals surface area contributed by atoms with Gasteiger partial charge in [-0.3, -0.25) is 9.69 Å². The van der Waals surface area contributed by atoms with Crippen LogP contribution in [0.4, 0.5) is 4.39 Å². The number of carbonyl (C=O) groups is 1. The maximum Gasteiger partial charge on any atom is 0.323 e. The van der Waals surface area contributed by atoms with Crippen molar-refractivity contribution in [3.05, 3.63) is 34.6 Å². The van der Waals surface area contributed by atoms with Crippen LogP contribution < -0.4 is 0 Å². The van der Waals surface area contributed by atoms with E-state index in [0.717, 1.165) is 6.42 Å². The second kappa shape index (κ2) is 4.86. The molecule has 18 heavy (non-hydrogen) atoms. The average Bonchev–Trinajstić information content (AvgIpc) is 2.67. The number of hydrogen-bond acceptors (Lipinski definition) is 2. The molecule has 1 atom stereocenters. The number of carboxylic acid groups (broad SMARTS) is 1. The van der Waals surface area contributed by atoms with E-state index in [9.17, 15) is 14.3 Å². The summed E-state index contributed by atoms with van der Waals surface area (Å²) in [7, 11) is 0. The van der Waals surface area contributed by atoms with E-state index in [1.165, 1.54) is 18.2 Å². The summed E-state index contributed by atoms with van der Waals surface area (Å²) < 4.78 is 13.2. The van der Waals surface area contributed by atoms with Crippen LogP contribution in [0.1, 0.15) is 25.3 Å². The number of benzene rings is 1. The van der Waals surface area contributed by atoms with Crippen molar-refractivity contribution in [3.63, 3.8) is 0 Å². The fraction of sp³-hybridized carbons (Fsp3) is 0.462. The molecule has 98 valence electrons. The van der Waals surface area contributed by atoms with Crippen LogP contribution in [0.25, 0.3) is 0 Å². The van der Waals surface area contributed by atoms with Crippen molar-refractivity contribution in [1.82, 2.24) is 4.90 Å². The Hall–Kier alpha value is -1.13. The van der Waals surface area contributed by atoms with Gasteiger partial charge in [0.05, 0.1) is 0 Å². The van der Waals surface area contributed by atoms with Crippen molar-refractivity contribution in [1.29, 1.82) is 0 Å². The molecule has 1 aromatic carbocycles. The molecule has 1 N–H and O–H groups in total. The summed E-state index contributed by atoms with van der Waals surface area (Å²) in [6, 6.07) is 4.16. The van der Waals surface area contributed by atoms with Crippen LogP contribution in [-0.2, 0) is 11.3 Å². The number of hydrogen-bond donors (Lipinski definition) is 1. The highest BCUT2D eigenvalue weighted by atomic mass is 35.5. The maximum absolute atomic E-state index is 13.2. The quantitative estimate of drug-likeness (QED) is 0.919. The molecular formula is C13H15ClFNO2. The lowest BCUT2D eigenvalue weighted by Gasteiger charge is -2.31. The lowest BCUT2D eigenvalue weighted by molar-refractivity contribution is -0.148. The van der Waals surface area contributed by atoms with Crippen LogP contribution in [0.3, 0.4) is 0 Å². The van der Waals surface area contributed by atoms with Crippen molar-refractivity contribution < 1.29 is 14.3 Å². The van der Waals surface area contributed by atoms with Gasteiger partial charge in [-0.1, -0.05) is 11.6 Å². The summed E-state index contributed by atoms with van der Waals surface area (Å²) in [6.45, 7) is 2.75. The van der Waals surface area contributed by atoms with Crippen LogP contribution in [0.15, 0.2) is 18.2 Å². The first-order valence-electron chi connectivity index (χ1n) is 5.86. The normalized spacial score (nSPS) is 24.4. The first-order chi connectivity index (χ1) is 8.43. The smallest absolute Gasteiger partial charge is 0.323 e. The van der Waals surface area contributed by atoms with Crippen LogP contribution >= 0.6 is 11.6 Å². The largest absolute Gasteiger partial charge is 0.480 e. The lowest BCUT2D eigenvalue weighted by Crippen LogP contribution is -2.47. The second-order valence-electron chi connectivity index (χ2n) is 4.84. The molecule has 3 nitrogen and oxygen atoms in total. The Balaban J connectivity index is 2.23. The van der Waals surface area contributed by atoms with E-state index in [-0.39, 0.29) is 5.82 Å². The van der Waals surface area contributed by atoms with Crippen molar-refractivity contribution >= 4 is 17.6 Å². The summed E-state index contributed by atoms with van der Waals surface area (Å²) in [6.07, 6.45) is 1.44. The van der Waals surface area contributed by atoms with Crippen LogP contribution in [0, 0.1) is 5.82 Å². The minimum Gasteiger partial charge on any atom is -0.480 e. The van der Waals surface area contributed by atoms with Gasteiger partial charge in [-0.2, -0.15) is 0 Å². The third-order valence-electron chi connectivity index (χ3n) is 3.62. The molecule has 0 spiro atoms. The minimum absolute atomic E-state index is 0.356. The Labute approximate surface area is 110 Å². The molecule has 0 aliphatic carbocycles. The molecule has 0 bridgehead atoms. The zero-order valence-electron chi connectivity index (χ0n) is 10.1. The van der Waals surface area contributed by atoms with E-state index >= 15 is 0 Å². The molecule has 1 saturated heterocycles. The predicted molar refractivity (Wildman–Crippen MR) is 67.1 cm³/mol. The molecular weight excluding hydrogens is 257 g/mol. The molecule has 0 saturated carbocycles. The summed E-state index contributed by atoms with van der Waals surface area (Å²) in [5.74, 6) is -1.20. The number of halogens is 2. The molecule has 1 unspecified atom stereocenters. The molecule has 0 amide bonds. The van der Waals surface area contributed by atoms with E-state index in [4.69, 9.17) is 11.6 Å². The topological polar surface area (TPSA) is 40.5 Å². The van der Waals surface area contributed by atoms with Crippen molar-refractivity contribution in [2.45, 2.75) is 31.8 Å². The van der Waals surface area contributed by atoms with Gasteiger partial charge < -0.3 is 5.11 Å². The van der Waals surface area contributed by atoms with Gasteiger partial charge in [0.1, 0.15) is 11.4 Å². The van der Waals surface area contributed by atoms with Crippen LogP contribution in [0.2, 0.25) is 5.02 Å². The zero-order chi connectivity index (χ0) is 13.3. The third kappa shape index (κ3) is 2.35. The van der Waals surface area contributed by atoms with Crippen molar-refractivity contribution in [2.75, 3.05) is 6.54 Å². The summed E-state index contributed by atoms with van der Waals surface area (Å²) in [4.78, 5) is 13.2. The van der Waals surface area contributed by atoms with E-state index in [1.54, 1.807) is 6.92 Å². The van der Waals surface area contributed by atoms with Crippen molar-refractivity contribution in [3.8, 4) is 0 Å². The minimum atomic E-state index is -0.879. The molecule has 1 aliphatic rings. The fourth-order valence-corrected chi connectivity index (χ4v) is 2.56. The van der Waals surface area contributed by atoms with E-state index in [2.05, 4.69) is 0 Å².